The van der Waals surface area contributed by atoms with E-state index >= 15 is 0 Å². The van der Waals surface area contributed by atoms with E-state index in [2.05, 4.69) is 10.0 Å². The highest BCUT2D eigenvalue weighted by atomic mass is 35.5. The van der Waals surface area contributed by atoms with E-state index in [1.54, 1.807) is 0 Å². The molecule has 0 spiro atoms. The Hall–Kier alpha value is -1.13. The summed E-state index contributed by atoms with van der Waals surface area (Å²) in [5.41, 5.74) is 0.272. The highest BCUT2D eigenvalue weighted by Crippen LogP contribution is 2.22. The summed E-state index contributed by atoms with van der Waals surface area (Å²) in [6.45, 7) is 2.18. The van der Waals surface area contributed by atoms with Crippen LogP contribution in [0.1, 0.15) is 18.4 Å². The maximum atomic E-state index is 12.2. The van der Waals surface area contributed by atoms with Crippen molar-refractivity contribution in [1.29, 1.82) is 5.26 Å². The number of benzene rings is 1. The second-order valence-corrected chi connectivity index (χ2v) is 6.96. The van der Waals surface area contributed by atoms with E-state index in [1.807, 2.05) is 6.07 Å². The van der Waals surface area contributed by atoms with Crippen LogP contribution in [-0.2, 0) is 10.0 Å². The molecule has 1 saturated heterocycles. The Morgan fingerprint density at radius 3 is 2.95 bits per heavy atom. The van der Waals surface area contributed by atoms with E-state index in [1.165, 1.54) is 18.2 Å². The first-order valence-electron chi connectivity index (χ1n) is 6.43. The molecule has 7 heteroatoms. The third kappa shape index (κ3) is 3.70. The van der Waals surface area contributed by atoms with E-state index < -0.39 is 10.0 Å². The number of rotatable bonds is 4. The lowest BCUT2D eigenvalue weighted by Crippen LogP contribution is -2.38. The molecule has 0 bridgehead atoms. The van der Waals surface area contributed by atoms with Crippen molar-refractivity contribution < 1.29 is 8.42 Å². The molecule has 1 aliphatic heterocycles. The Kier molecular flexibility index (Phi) is 5.00. The zero-order chi connectivity index (χ0) is 14.6. The summed E-state index contributed by atoms with van der Waals surface area (Å²) in [6.07, 6.45) is 2.05. The van der Waals surface area contributed by atoms with Crippen LogP contribution >= 0.6 is 11.6 Å². The van der Waals surface area contributed by atoms with Gasteiger partial charge in [0, 0.05) is 6.54 Å². The summed E-state index contributed by atoms with van der Waals surface area (Å²) in [5, 5.41) is 12.2. The molecule has 108 valence electrons. The van der Waals surface area contributed by atoms with Gasteiger partial charge in [0.05, 0.1) is 16.7 Å². The number of piperidine rings is 1. The van der Waals surface area contributed by atoms with Crippen LogP contribution in [-0.4, -0.2) is 28.1 Å². The van der Waals surface area contributed by atoms with Gasteiger partial charge in [0.2, 0.25) is 10.0 Å². The minimum absolute atomic E-state index is 0.0398. The van der Waals surface area contributed by atoms with Crippen molar-refractivity contribution in [3.8, 4) is 6.07 Å². The monoisotopic (exact) mass is 313 g/mol. The van der Waals surface area contributed by atoms with Gasteiger partial charge in [0.15, 0.2) is 0 Å². The van der Waals surface area contributed by atoms with E-state index in [0.717, 1.165) is 25.9 Å². The lowest BCUT2D eigenvalue weighted by Gasteiger charge is -2.22. The Bertz CT molecular complexity index is 619. The minimum atomic E-state index is -3.68. The Labute approximate surface area is 124 Å². The molecule has 20 heavy (non-hydrogen) atoms. The van der Waals surface area contributed by atoms with Gasteiger partial charge < -0.3 is 5.32 Å². The standard InChI is InChI=1S/C13H16ClN3O2S/c14-12-4-3-10(7-15)6-13(12)20(18,19)17-9-11-2-1-5-16-8-11/h3-4,6,11,16-17H,1-2,5,8-9H2. The first-order chi connectivity index (χ1) is 9.53. The zero-order valence-corrected chi connectivity index (χ0v) is 12.5. The van der Waals surface area contributed by atoms with Crippen LogP contribution in [0.25, 0.3) is 0 Å². The van der Waals surface area contributed by atoms with E-state index in [-0.39, 0.29) is 21.4 Å². The van der Waals surface area contributed by atoms with Gasteiger partial charge in [-0.3, -0.25) is 0 Å². The number of halogens is 1. The third-order valence-corrected chi connectivity index (χ3v) is 5.22. The SMILES string of the molecule is N#Cc1ccc(Cl)c(S(=O)(=O)NCC2CCCNC2)c1. The van der Waals surface area contributed by atoms with E-state index in [4.69, 9.17) is 16.9 Å². The predicted octanol–water partition coefficient (Wildman–Crippen LogP) is 1.49. The third-order valence-electron chi connectivity index (χ3n) is 3.31. The molecule has 1 atom stereocenters. The first kappa shape index (κ1) is 15.3. The topological polar surface area (TPSA) is 82.0 Å². The highest BCUT2D eigenvalue weighted by Gasteiger charge is 2.21. The van der Waals surface area contributed by atoms with Crippen molar-refractivity contribution in [3.63, 3.8) is 0 Å². The van der Waals surface area contributed by atoms with Crippen molar-refractivity contribution in [3.05, 3.63) is 28.8 Å². The fraction of sp³-hybridized carbons (Fsp3) is 0.462. The maximum Gasteiger partial charge on any atom is 0.242 e. The summed E-state index contributed by atoms with van der Waals surface area (Å²) in [7, 11) is -3.68. The Morgan fingerprint density at radius 1 is 1.50 bits per heavy atom. The van der Waals surface area contributed by atoms with Gasteiger partial charge in [-0.15, -0.1) is 0 Å². The molecule has 0 saturated carbocycles. The van der Waals surface area contributed by atoms with E-state index in [0.29, 0.717) is 6.54 Å². The molecule has 0 aliphatic carbocycles. The van der Waals surface area contributed by atoms with Crippen molar-refractivity contribution in [1.82, 2.24) is 10.0 Å². The van der Waals surface area contributed by atoms with Gasteiger partial charge in [0.25, 0.3) is 0 Å². The molecular weight excluding hydrogens is 298 g/mol. The number of sulfonamides is 1. The van der Waals surface area contributed by atoms with Gasteiger partial charge in [-0.05, 0) is 50.0 Å². The van der Waals surface area contributed by atoms with Crippen LogP contribution in [0.3, 0.4) is 0 Å². The number of nitrogens with one attached hydrogen (secondary N) is 2. The summed E-state index contributed by atoms with van der Waals surface area (Å²) in [4.78, 5) is -0.0398. The average molecular weight is 314 g/mol. The first-order valence-corrected chi connectivity index (χ1v) is 8.29. The molecule has 0 aromatic heterocycles. The zero-order valence-electron chi connectivity index (χ0n) is 10.9. The largest absolute Gasteiger partial charge is 0.316 e. The molecule has 2 rings (SSSR count). The molecule has 2 N–H and O–H groups in total. The van der Waals surface area contributed by atoms with Crippen molar-refractivity contribution >= 4 is 21.6 Å². The molecule has 5 nitrogen and oxygen atoms in total. The van der Waals surface area contributed by atoms with E-state index in [9.17, 15) is 8.42 Å². The molecule has 0 radical (unpaired) electrons. The average Bonchev–Trinajstić information content (AvgIpc) is 2.47. The molecule has 1 aromatic rings. The lowest BCUT2D eigenvalue weighted by atomic mass is 10.0. The molecule has 1 aromatic carbocycles. The second-order valence-electron chi connectivity index (χ2n) is 4.82. The molecule has 1 aliphatic rings. The van der Waals surface area contributed by atoms with Crippen LogP contribution in [0.2, 0.25) is 5.02 Å². The molecular formula is C13H16ClN3O2S. The lowest BCUT2D eigenvalue weighted by molar-refractivity contribution is 0.376. The maximum absolute atomic E-state index is 12.2. The summed E-state index contributed by atoms with van der Waals surface area (Å²) < 4.78 is 27.1. The Balaban J connectivity index is 2.11. The number of nitrogens with zero attached hydrogens (tertiary/aromatic N) is 1. The van der Waals surface area contributed by atoms with Gasteiger partial charge in [-0.1, -0.05) is 11.6 Å². The molecule has 1 fully saturated rings. The number of hydrogen-bond acceptors (Lipinski definition) is 4. The van der Waals surface area contributed by atoms with Gasteiger partial charge in [-0.25, -0.2) is 13.1 Å². The fourth-order valence-electron chi connectivity index (χ4n) is 2.18. The number of nitriles is 1. The molecule has 1 unspecified atom stereocenters. The van der Waals surface area contributed by atoms with Crippen molar-refractivity contribution in [2.75, 3.05) is 19.6 Å². The smallest absolute Gasteiger partial charge is 0.242 e. The Morgan fingerprint density at radius 2 is 2.30 bits per heavy atom. The summed E-state index contributed by atoms with van der Waals surface area (Å²) in [5.74, 6) is 0.288. The predicted molar refractivity (Wildman–Crippen MR) is 76.9 cm³/mol. The van der Waals surface area contributed by atoms with Crippen molar-refractivity contribution in [2.45, 2.75) is 17.7 Å². The van der Waals surface area contributed by atoms with Crippen molar-refractivity contribution in [2.24, 2.45) is 5.92 Å². The fourth-order valence-corrected chi connectivity index (χ4v) is 3.82. The van der Waals surface area contributed by atoms with Gasteiger partial charge in [0.1, 0.15) is 4.90 Å². The van der Waals surface area contributed by atoms with Crippen LogP contribution in [0.15, 0.2) is 23.1 Å². The van der Waals surface area contributed by atoms with Crippen LogP contribution in [0.5, 0.6) is 0 Å². The minimum Gasteiger partial charge on any atom is -0.316 e. The molecule has 1 heterocycles. The van der Waals surface area contributed by atoms with Gasteiger partial charge in [-0.2, -0.15) is 5.26 Å². The number of hydrogen-bond donors (Lipinski definition) is 2. The van der Waals surface area contributed by atoms with Crippen LogP contribution in [0.4, 0.5) is 0 Å². The second kappa shape index (κ2) is 6.55. The van der Waals surface area contributed by atoms with Crippen LogP contribution < -0.4 is 10.0 Å². The van der Waals surface area contributed by atoms with Crippen LogP contribution in [0, 0.1) is 17.2 Å². The highest BCUT2D eigenvalue weighted by molar-refractivity contribution is 7.89. The molecule has 0 amide bonds. The summed E-state index contributed by atoms with van der Waals surface area (Å²) >= 11 is 5.92. The quantitative estimate of drug-likeness (QED) is 0.882. The summed E-state index contributed by atoms with van der Waals surface area (Å²) in [6, 6.07) is 6.13. The normalized spacial score (nSPS) is 19.5. The van der Waals surface area contributed by atoms with Gasteiger partial charge >= 0.3 is 0 Å².